The van der Waals surface area contributed by atoms with Crippen molar-refractivity contribution in [2.45, 2.75) is 25.7 Å². The molecule has 0 spiro atoms. The normalized spacial score (nSPS) is 13.8. The molecule has 8 aromatic rings. The lowest BCUT2D eigenvalue weighted by Gasteiger charge is -2.24. The van der Waals surface area contributed by atoms with Gasteiger partial charge in [0.25, 0.3) is 0 Å². The maximum atomic E-state index is 3.76. The van der Waals surface area contributed by atoms with E-state index in [0.717, 1.165) is 40.3 Å². The number of allylic oxidation sites excluding steroid dienone is 2. The van der Waals surface area contributed by atoms with Crippen molar-refractivity contribution in [1.29, 1.82) is 0 Å². The molecular weight excluding hydrogens is 726 g/mol. The topological polar surface area (TPSA) is 4.93 Å². The number of halogens is 2. The van der Waals surface area contributed by atoms with Gasteiger partial charge in [0.05, 0.1) is 11.0 Å². The molecule has 2 aliphatic carbocycles. The minimum Gasteiger partial charge on any atom is -0.309 e. The number of nitrogens with zero attached hydrogens (tertiary/aromatic N) is 1. The fourth-order valence-corrected chi connectivity index (χ4v) is 9.16. The minimum absolute atomic E-state index is 1.08. The number of hydrogen-bond donors (Lipinski definition) is 0. The molecule has 0 N–H and O–H groups in total. The van der Waals surface area contributed by atoms with Crippen LogP contribution in [0.4, 0.5) is 0 Å². The molecular formula is C46H31Br2N. The molecule has 0 aliphatic heterocycles. The lowest BCUT2D eigenvalue weighted by Crippen LogP contribution is -2.07. The third kappa shape index (κ3) is 4.70. The summed E-state index contributed by atoms with van der Waals surface area (Å²) in [5, 5.41) is 7.57. The van der Waals surface area contributed by atoms with Crippen molar-refractivity contribution in [3.8, 4) is 27.9 Å². The molecule has 7 aromatic carbocycles. The highest BCUT2D eigenvalue weighted by Crippen LogP contribution is 2.43. The van der Waals surface area contributed by atoms with Crippen LogP contribution in [-0.4, -0.2) is 4.57 Å². The Kier molecular flexibility index (Phi) is 6.82. The summed E-state index contributed by atoms with van der Waals surface area (Å²) in [5.41, 5.74) is 14.4. The van der Waals surface area contributed by atoms with Crippen LogP contribution in [0.15, 0.2) is 136 Å². The largest absolute Gasteiger partial charge is 0.309 e. The quantitative estimate of drug-likeness (QED) is 0.158. The Morgan fingerprint density at radius 3 is 1.88 bits per heavy atom. The summed E-state index contributed by atoms with van der Waals surface area (Å²) in [5.74, 6) is 0. The molecule has 3 heteroatoms. The highest BCUT2D eigenvalue weighted by Gasteiger charge is 2.22. The first-order valence-electron chi connectivity index (χ1n) is 17.1. The fraction of sp³-hybridized carbons (Fsp3) is 0.0870. The second-order valence-corrected chi connectivity index (χ2v) is 15.2. The van der Waals surface area contributed by atoms with Crippen LogP contribution >= 0.6 is 31.9 Å². The summed E-state index contributed by atoms with van der Waals surface area (Å²) in [4.78, 5) is 0. The van der Waals surface area contributed by atoms with Crippen LogP contribution in [0.2, 0.25) is 0 Å². The average molecular weight is 758 g/mol. The van der Waals surface area contributed by atoms with Crippen molar-refractivity contribution in [3.63, 3.8) is 0 Å². The molecule has 0 bridgehead atoms. The third-order valence-corrected chi connectivity index (χ3v) is 11.6. The maximum absolute atomic E-state index is 3.76. The monoisotopic (exact) mass is 755 g/mol. The Morgan fingerprint density at radius 2 is 1.12 bits per heavy atom. The van der Waals surface area contributed by atoms with Gasteiger partial charge in [-0.05, 0) is 158 Å². The first kappa shape index (κ1) is 29.2. The van der Waals surface area contributed by atoms with Gasteiger partial charge in [-0.15, -0.1) is 0 Å². The number of fused-ring (bicyclic) bond motifs is 9. The second kappa shape index (κ2) is 11.4. The van der Waals surface area contributed by atoms with E-state index in [2.05, 4.69) is 176 Å². The Bertz CT molecular complexity index is 2680. The van der Waals surface area contributed by atoms with Crippen molar-refractivity contribution in [1.82, 2.24) is 4.57 Å². The molecule has 2 aliphatic rings. The molecule has 0 atom stereocenters. The summed E-state index contributed by atoms with van der Waals surface area (Å²) in [6, 6.07) is 43.1. The molecule has 0 fully saturated rings. The van der Waals surface area contributed by atoms with Gasteiger partial charge >= 0.3 is 0 Å². The van der Waals surface area contributed by atoms with Gasteiger partial charge in [-0.2, -0.15) is 0 Å². The lowest BCUT2D eigenvalue weighted by molar-refractivity contribution is 0.906. The molecule has 0 saturated carbocycles. The van der Waals surface area contributed by atoms with E-state index >= 15 is 0 Å². The van der Waals surface area contributed by atoms with Gasteiger partial charge in [0.2, 0.25) is 0 Å². The number of benzene rings is 7. The van der Waals surface area contributed by atoms with E-state index in [4.69, 9.17) is 0 Å². The number of rotatable bonds is 3. The molecule has 0 radical (unpaired) electrons. The Balaban J connectivity index is 1.33. The first-order valence-corrected chi connectivity index (χ1v) is 18.7. The van der Waals surface area contributed by atoms with Crippen LogP contribution in [-0.2, 0) is 12.8 Å². The Labute approximate surface area is 302 Å². The summed E-state index contributed by atoms with van der Waals surface area (Å²) in [6.45, 7) is 0. The lowest BCUT2D eigenvalue weighted by atomic mass is 9.80. The molecule has 0 amide bonds. The zero-order chi connectivity index (χ0) is 32.6. The molecule has 10 rings (SSSR count). The molecule has 1 aromatic heterocycles. The molecule has 49 heavy (non-hydrogen) atoms. The van der Waals surface area contributed by atoms with Gasteiger partial charge in [0.1, 0.15) is 0 Å². The molecule has 234 valence electrons. The van der Waals surface area contributed by atoms with Gasteiger partial charge in [-0.3, -0.25) is 0 Å². The van der Waals surface area contributed by atoms with E-state index in [-0.39, 0.29) is 0 Å². The Morgan fingerprint density at radius 1 is 0.490 bits per heavy atom. The van der Waals surface area contributed by atoms with E-state index in [1.807, 2.05) is 0 Å². The van der Waals surface area contributed by atoms with Crippen LogP contribution < -0.4 is 0 Å². The van der Waals surface area contributed by atoms with Crippen LogP contribution in [0.25, 0.3) is 83.4 Å². The van der Waals surface area contributed by atoms with E-state index < -0.39 is 0 Å². The van der Waals surface area contributed by atoms with Crippen molar-refractivity contribution >= 4 is 87.4 Å². The van der Waals surface area contributed by atoms with Crippen LogP contribution in [0.5, 0.6) is 0 Å². The number of aromatic nitrogens is 1. The van der Waals surface area contributed by atoms with Gasteiger partial charge in [0, 0.05) is 25.4 Å². The maximum Gasteiger partial charge on any atom is 0.0541 e. The van der Waals surface area contributed by atoms with Crippen LogP contribution in [0.3, 0.4) is 0 Å². The highest BCUT2D eigenvalue weighted by atomic mass is 79.9. The zero-order valence-electron chi connectivity index (χ0n) is 26.8. The van der Waals surface area contributed by atoms with Gasteiger partial charge in [-0.1, -0.05) is 105 Å². The zero-order valence-corrected chi connectivity index (χ0v) is 30.0. The van der Waals surface area contributed by atoms with Crippen LogP contribution in [0.1, 0.15) is 35.1 Å². The van der Waals surface area contributed by atoms with E-state index in [1.165, 1.54) is 82.3 Å². The molecule has 1 heterocycles. The van der Waals surface area contributed by atoms with Gasteiger partial charge in [-0.25, -0.2) is 0 Å². The van der Waals surface area contributed by atoms with E-state index in [1.54, 1.807) is 5.56 Å². The molecule has 0 saturated heterocycles. The highest BCUT2D eigenvalue weighted by molar-refractivity contribution is 9.10. The summed E-state index contributed by atoms with van der Waals surface area (Å²) >= 11 is 7.52. The van der Waals surface area contributed by atoms with Crippen molar-refractivity contribution in [3.05, 3.63) is 159 Å². The van der Waals surface area contributed by atoms with E-state index in [9.17, 15) is 0 Å². The van der Waals surface area contributed by atoms with E-state index in [0.29, 0.717) is 0 Å². The van der Waals surface area contributed by atoms with Gasteiger partial charge in [0.15, 0.2) is 0 Å². The summed E-state index contributed by atoms with van der Waals surface area (Å²) < 4.78 is 4.62. The second-order valence-electron chi connectivity index (χ2n) is 13.4. The summed E-state index contributed by atoms with van der Waals surface area (Å²) in [7, 11) is 0. The first-order chi connectivity index (χ1) is 24.1. The molecule has 0 unspecified atom stereocenters. The van der Waals surface area contributed by atoms with Crippen molar-refractivity contribution in [2.75, 3.05) is 0 Å². The van der Waals surface area contributed by atoms with Crippen LogP contribution in [0, 0.1) is 0 Å². The standard InChI is InChI=1S/C46H31Br2N/c47-32-17-19-45-43(26-32)44-27-33(48)18-20-46(44)49(45)34-22-30(41-24-28-9-1-3-11-35(28)37-13-5-7-15-39(37)41)21-31(23-34)42-25-29-10-2-4-12-36(29)38-14-6-8-16-40(38)42/h1-3,5,7-11,13,15-27H,4,6,12,14H2. The van der Waals surface area contributed by atoms with Crippen molar-refractivity contribution < 1.29 is 0 Å². The predicted molar refractivity (Wildman–Crippen MR) is 217 cm³/mol. The SMILES string of the molecule is Brc1ccc2c(c1)c1cc(Br)ccc1n2-c1cc(-c2cc3c(c4c2C=CCC4)CCC=C3)cc(-c2cc3ccccc3c3ccccc23)c1. The van der Waals surface area contributed by atoms with Gasteiger partial charge < -0.3 is 4.57 Å². The number of hydrogen-bond acceptors (Lipinski definition) is 0. The minimum atomic E-state index is 1.08. The summed E-state index contributed by atoms with van der Waals surface area (Å²) in [6.07, 6.45) is 13.9. The smallest absolute Gasteiger partial charge is 0.0541 e. The molecule has 1 nitrogen and oxygen atoms in total. The average Bonchev–Trinajstić information content (AvgIpc) is 3.46. The fourth-order valence-electron chi connectivity index (χ4n) is 8.44. The third-order valence-electron chi connectivity index (χ3n) is 10.6. The Hall–Kier alpha value is -4.70. The van der Waals surface area contributed by atoms with Crippen molar-refractivity contribution in [2.24, 2.45) is 0 Å². The predicted octanol–water partition coefficient (Wildman–Crippen LogP) is 13.9.